The number of furan rings is 1. The summed E-state index contributed by atoms with van der Waals surface area (Å²) in [7, 11) is 0. The maximum Gasteiger partial charge on any atom is 0.255 e. The molecule has 26 heavy (non-hydrogen) atoms. The second kappa shape index (κ2) is 8.56. The lowest BCUT2D eigenvalue weighted by Crippen LogP contribution is -2.41. The molecule has 1 atom stereocenters. The third kappa shape index (κ3) is 4.88. The van der Waals surface area contributed by atoms with Crippen LogP contribution in [0.2, 0.25) is 0 Å². The normalized spacial score (nSPS) is 15.9. The Labute approximate surface area is 153 Å². The van der Waals surface area contributed by atoms with Crippen LogP contribution in [0.1, 0.15) is 49.4 Å². The van der Waals surface area contributed by atoms with E-state index in [1.165, 1.54) is 44.6 Å². The Bertz CT molecular complexity index is 719. The molecule has 0 saturated heterocycles. The summed E-state index contributed by atoms with van der Waals surface area (Å²) in [5, 5.41) is 9.01. The summed E-state index contributed by atoms with van der Waals surface area (Å²) in [5.41, 5.74) is 2.16. The van der Waals surface area contributed by atoms with Gasteiger partial charge in [-0.15, -0.1) is 0 Å². The zero-order valence-corrected chi connectivity index (χ0v) is 15.0. The van der Waals surface area contributed by atoms with Gasteiger partial charge in [0.15, 0.2) is 0 Å². The molecule has 2 aromatic rings. The van der Waals surface area contributed by atoms with Crippen molar-refractivity contribution in [1.29, 1.82) is 0 Å². The number of rotatable bonds is 6. The van der Waals surface area contributed by atoms with Crippen molar-refractivity contribution in [3.63, 3.8) is 0 Å². The first kappa shape index (κ1) is 18.0. The summed E-state index contributed by atoms with van der Waals surface area (Å²) in [5.74, 6) is -0.608. The predicted octanol–water partition coefficient (Wildman–Crippen LogP) is 3.78. The van der Waals surface area contributed by atoms with Gasteiger partial charge in [-0.2, -0.15) is 0 Å². The number of hydrogen-bond donors (Lipinski definition) is 3. The summed E-state index contributed by atoms with van der Waals surface area (Å²) in [6, 6.07) is 9.12. The highest BCUT2D eigenvalue weighted by Gasteiger charge is 2.17. The molecule has 1 aliphatic carbocycles. The SMILES string of the molecule is CC(NC(=O)c1ccoc1)C(=O)Nc1ccc(NC2CCCCC2)cc1. The molecular weight excluding hydrogens is 330 g/mol. The van der Waals surface area contributed by atoms with Crippen LogP contribution >= 0.6 is 0 Å². The average Bonchev–Trinajstić information content (AvgIpc) is 3.19. The van der Waals surface area contributed by atoms with E-state index in [1.54, 1.807) is 13.0 Å². The lowest BCUT2D eigenvalue weighted by atomic mass is 9.95. The van der Waals surface area contributed by atoms with Gasteiger partial charge in [0, 0.05) is 17.4 Å². The molecule has 1 fully saturated rings. The summed E-state index contributed by atoms with van der Waals surface area (Å²) in [6.45, 7) is 1.65. The van der Waals surface area contributed by atoms with Crippen LogP contribution in [0.4, 0.5) is 11.4 Å². The van der Waals surface area contributed by atoms with Gasteiger partial charge in [0.1, 0.15) is 12.3 Å². The Kier molecular flexibility index (Phi) is 5.94. The summed E-state index contributed by atoms with van der Waals surface area (Å²) in [4.78, 5) is 24.2. The van der Waals surface area contributed by atoms with Crippen molar-refractivity contribution in [2.45, 2.75) is 51.1 Å². The molecule has 6 nitrogen and oxygen atoms in total. The Morgan fingerprint density at radius 1 is 1.04 bits per heavy atom. The molecule has 1 aromatic carbocycles. The molecule has 2 amide bonds. The number of carbonyl (C=O) groups excluding carboxylic acids is 2. The van der Waals surface area contributed by atoms with Gasteiger partial charge in [0.05, 0.1) is 11.8 Å². The van der Waals surface area contributed by atoms with Crippen LogP contribution in [-0.4, -0.2) is 23.9 Å². The number of nitrogens with one attached hydrogen (secondary N) is 3. The second-order valence-electron chi connectivity index (χ2n) is 6.75. The minimum Gasteiger partial charge on any atom is -0.472 e. The fourth-order valence-corrected chi connectivity index (χ4v) is 3.12. The van der Waals surface area contributed by atoms with Crippen molar-refractivity contribution >= 4 is 23.2 Å². The van der Waals surface area contributed by atoms with Gasteiger partial charge in [0.25, 0.3) is 5.91 Å². The topological polar surface area (TPSA) is 83.4 Å². The Morgan fingerprint density at radius 2 is 1.73 bits per heavy atom. The van der Waals surface area contributed by atoms with E-state index < -0.39 is 6.04 Å². The fourth-order valence-electron chi connectivity index (χ4n) is 3.12. The van der Waals surface area contributed by atoms with E-state index in [4.69, 9.17) is 4.42 Å². The highest BCUT2D eigenvalue weighted by Crippen LogP contribution is 2.22. The molecule has 0 bridgehead atoms. The first-order chi connectivity index (χ1) is 12.6. The van der Waals surface area contributed by atoms with E-state index in [2.05, 4.69) is 16.0 Å². The van der Waals surface area contributed by atoms with Crippen LogP contribution in [0.25, 0.3) is 0 Å². The van der Waals surface area contributed by atoms with Crippen LogP contribution in [0.5, 0.6) is 0 Å². The van der Waals surface area contributed by atoms with Gasteiger partial charge in [-0.3, -0.25) is 9.59 Å². The zero-order chi connectivity index (χ0) is 18.4. The van der Waals surface area contributed by atoms with E-state index in [1.807, 2.05) is 24.3 Å². The lowest BCUT2D eigenvalue weighted by Gasteiger charge is -2.24. The molecule has 0 spiro atoms. The van der Waals surface area contributed by atoms with Gasteiger partial charge in [-0.1, -0.05) is 19.3 Å². The van der Waals surface area contributed by atoms with E-state index >= 15 is 0 Å². The fraction of sp³-hybridized carbons (Fsp3) is 0.400. The van der Waals surface area contributed by atoms with Crippen LogP contribution in [0.3, 0.4) is 0 Å². The first-order valence-electron chi connectivity index (χ1n) is 9.12. The van der Waals surface area contributed by atoms with Crippen molar-refractivity contribution in [1.82, 2.24) is 5.32 Å². The summed E-state index contributed by atoms with van der Waals surface area (Å²) < 4.78 is 4.87. The molecule has 6 heteroatoms. The standard InChI is InChI=1S/C20H25N3O3/c1-14(21-20(25)15-11-12-26-13-15)19(24)23-18-9-7-17(8-10-18)22-16-5-3-2-4-6-16/h7-14,16,22H,2-6H2,1H3,(H,21,25)(H,23,24). The van der Waals surface area contributed by atoms with E-state index in [9.17, 15) is 9.59 Å². The van der Waals surface area contributed by atoms with Crippen molar-refractivity contribution in [3.05, 3.63) is 48.4 Å². The van der Waals surface area contributed by atoms with Gasteiger partial charge in [-0.25, -0.2) is 0 Å². The lowest BCUT2D eigenvalue weighted by molar-refractivity contribution is -0.117. The molecule has 1 saturated carbocycles. The molecule has 0 radical (unpaired) electrons. The monoisotopic (exact) mass is 355 g/mol. The number of anilines is 2. The van der Waals surface area contributed by atoms with Crippen LogP contribution in [-0.2, 0) is 4.79 Å². The van der Waals surface area contributed by atoms with Gasteiger partial charge in [-0.05, 0) is 50.1 Å². The quantitative estimate of drug-likeness (QED) is 0.736. The maximum atomic E-state index is 12.3. The van der Waals surface area contributed by atoms with Crippen molar-refractivity contribution in [2.24, 2.45) is 0 Å². The highest BCUT2D eigenvalue weighted by atomic mass is 16.3. The minimum atomic E-state index is -0.655. The largest absolute Gasteiger partial charge is 0.472 e. The Hall–Kier alpha value is -2.76. The van der Waals surface area contributed by atoms with Crippen molar-refractivity contribution < 1.29 is 14.0 Å². The number of benzene rings is 1. The zero-order valence-electron chi connectivity index (χ0n) is 15.0. The molecule has 1 aromatic heterocycles. The van der Waals surface area contributed by atoms with Crippen LogP contribution < -0.4 is 16.0 Å². The molecule has 3 rings (SSSR count). The molecule has 1 unspecified atom stereocenters. The average molecular weight is 355 g/mol. The summed E-state index contributed by atoms with van der Waals surface area (Å²) >= 11 is 0. The Morgan fingerprint density at radius 3 is 2.38 bits per heavy atom. The predicted molar refractivity (Wildman–Crippen MR) is 101 cm³/mol. The van der Waals surface area contributed by atoms with Crippen molar-refractivity contribution in [2.75, 3.05) is 10.6 Å². The van der Waals surface area contributed by atoms with E-state index in [-0.39, 0.29) is 11.8 Å². The van der Waals surface area contributed by atoms with Gasteiger partial charge in [0.2, 0.25) is 5.91 Å². The molecule has 1 heterocycles. The van der Waals surface area contributed by atoms with Gasteiger partial charge >= 0.3 is 0 Å². The number of carbonyl (C=O) groups is 2. The molecular formula is C20H25N3O3. The smallest absolute Gasteiger partial charge is 0.255 e. The van der Waals surface area contributed by atoms with Gasteiger partial charge < -0.3 is 20.4 Å². The number of amides is 2. The molecule has 3 N–H and O–H groups in total. The Balaban J connectivity index is 1.49. The first-order valence-corrected chi connectivity index (χ1v) is 9.12. The molecule has 1 aliphatic rings. The van der Waals surface area contributed by atoms with Crippen LogP contribution in [0.15, 0.2) is 47.3 Å². The number of hydrogen-bond acceptors (Lipinski definition) is 4. The third-order valence-corrected chi connectivity index (χ3v) is 4.65. The summed E-state index contributed by atoms with van der Waals surface area (Å²) in [6.07, 6.45) is 9.10. The van der Waals surface area contributed by atoms with Crippen molar-refractivity contribution in [3.8, 4) is 0 Å². The maximum absolute atomic E-state index is 12.3. The molecule has 138 valence electrons. The molecule has 0 aliphatic heterocycles. The minimum absolute atomic E-state index is 0.269. The highest BCUT2D eigenvalue weighted by molar-refractivity contribution is 6.00. The third-order valence-electron chi connectivity index (χ3n) is 4.65. The second-order valence-corrected chi connectivity index (χ2v) is 6.75. The van der Waals surface area contributed by atoms with Crippen LogP contribution in [0, 0.1) is 0 Å². The van der Waals surface area contributed by atoms with E-state index in [0.717, 1.165) is 5.69 Å². The van der Waals surface area contributed by atoms with E-state index in [0.29, 0.717) is 17.3 Å².